The third-order valence-electron chi connectivity index (χ3n) is 3.04. The van der Waals surface area contributed by atoms with Gasteiger partial charge in [0.2, 0.25) is 10.0 Å². The largest absolute Gasteiger partial charge is 0.497 e. The molecule has 9 heteroatoms. The van der Waals surface area contributed by atoms with Crippen molar-refractivity contribution in [1.82, 2.24) is 9.71 Å². The minimum absolute atomic E-state index is 0.0506. The van der Waals surface area contributed by atoms with E-state index in [-0.39, 0.29) is 16.5 Å². The molecule has 0 bridgehead atoms. The molecule has 2 aromatic rings. The van der Waals surface area contributed by atoms with Gasteiger partial charge in [-0.15, -0.1) is 0 Å². The number of pyridine rings is 1. The molecular formula is C15H15ClN2O5S. The lowest BCUT2D eigenvalue weighted by Crippen LogP contribution is -2.32. The number of benzene rings is 1. The molecule has 0 unspecified atom stereocenters. The van der Waals surface area contributed by atoms with Gasteiger partial charge in [0.1, 0.15) is 16.7 Å². The number of carbonyl (C=O) groups excluding carboxylic acids is 1. The highest BCUT2D eigenvalue weighted by molar-refractivity contribution is 7.89. The number of methoxy groups -OCH3 is 2. The summed E-state index contributed by atoms with van der Waals surface area (Å²) in [6, 6.07) is 7.50. The first-order valence-corrected chi connectivity index (χ1v) is 8.75. The molecule has 1 N–H and O–H groups in total. The van der Waals surface area contributed by atoms with Gasteiger partial charge in [-0.05, 0) is 29.8 Å². The van der Waals surface area contributed by atoms with Crippen molar-refractivity contribution in [2.75, 3.05) is 14.2 Å². The topological polar surface area (TPSA) is 94.6 Å². The van der Waals surface area contributed by atoms with Gasteiger partial charge in [-0.1, -0.05) is 17.7 Å². The lowest BCUT2D eigenvalue weighted by Gasteiger charge is -2.11. The molecule has 0 aliphatic rings. The van der Waals surface area contributed by atoms with E-state index < -0.39 is 21.7 Å². The van der Waals surface area contributed by atoms with Crippen molar-refractivity contribution in [2.45, 2.75) is 5.75 Å². The van der Waals surface area contributed by atoms with Gasteiger partial charge < -0.3 is 9.47 Å². The maximum absolute atomic E-state index is 12.3. The summed E-state index contributed by atoms with van der Waals surface area (Å²) in [5.74, 6) is -0.584. The number of halogens is 1. The summed E-state index contributed by atoms with van der Waals surface area (Å²) in [6.07, 6.45) is 1.33. The molecular weight excluding hydrogens is 356 g/mol. The van der Waals surface area contributed by atoms with E-state index in [1.54, 1.807) is 6.07 Å². The first kappa shape index (κ1) is 18.0. The fourth-order valence-corrected chi connectivity index (χ4v) is 3.12. The monoisotopic (exact) mass is 370 g/mol. The van der Waals surface area contributed by atoms with Crippen LogP contribution in [-0.4, -0.2) is 33.5 Å². The lowest BCUT2D eigenvalue weighted by molar-refractivity contribution is 0.0978. The molecule has 128 valence electrons. The van der Waals surface area contributed by atoms with Crippen molar-refractivity contribution in [1.29, 1.82) is 0 Å². The molecule has 0 aliphatic carbocycles. The van der Waals surface area contributed by atoms with Crippen molar-refractivity contribution < 1.29 is 22.7 Å². The van der Waals surface area contributed by atoms with Crippen LogP contribution < -0.4 is 14.2 Å². The van der Waals surface area contributed by atoms with Crippen LogP contribution in [0.1, 0.15) is 15.9 Å². The summed E-state index contributed by atoms with van der Waals surface area (Å²) in [5, 5.41) is 0.251. The number of aromatic nitrogens is 1. The standard InChI is InChI=1S/C15H15ClN2O5S/c1-22-11-4-5-13(23-2)12(7-11)15(19)18-24(20,21)9-10-3-6-14(16)17-8-10/h3-8H,9H2,1-2H3,(H,18,19). The second kappa shape index (κ2) is 7.50. The van der Waals surface area contributed by atoms with Gasteiger partial charge in [0.05, 0.1) is 25.5 Å². The Balaban J connectivity index is 2.20. The predicted octanol–water partition coefficient (Wildman–Crippen LogP) is 2.01. The van der Waals surface area contributed by atoms with Crippen LogP contribution in [0.3, 0.4) is 0 Å². The van der Waals surface area contributed by atoms with Crippen LogP contribution >= 0.6 is 11.6 Å². The number of nitrogens with zero attached hydrogens (tertiary/aromatic N) is 1. The summed E-state index contributed by atoms with van der Waals surface area (Å²) >= 11 is 5.65. The SMILES string of the molecule is COc1ccc(OC)c(C(=O)NS(=O)(=O)Cc2ccc(Cl)nc2)c1. The number of amides is 1. The van der Waals surface area contributed by atoms with Gasteiger partial charge in [0.15, 0.2) is 0 Å². The Bertz CT molecular complexity index is 837. The highest BCUT2D eigenvalue weighted by Gasteiger charge is 2.20. The zero-order chi connectivity index (χ0) is 17.7. The Morgan fingerprint density at radius 2 is 1.96 bits per heavy atom. The Labute approximate surface area is 144 Å². The van der Waals surface area contributed by atoms with E-state index in [1.165, 1.54) is 44.7 Å². The Kier molecular flexibility index (Phi) is 5.63. The summed E-state index contributed by atoms with van der Waals surface area (Å²) in [5.41, 5.74) is 0.451. The van der Waals surface area contributed by atoms with Crippen LogP contribution in [-0.2, 0) is 15.8 Å². The number of ether oxygens (including phenoxy) is 2. The molecule has 7 nitrogen and oxygen atoms in total. The van der Waals surface area contributed by atoms with Gasteiger partial charge >= 0.3 is 0 Å². The fourth-order valence-electron chi connectivity index (χ4n) is 1.94. The van der Waals surface area contributed by atoms with Gasteiger partial charge in [-0.25, -0.2) is 18.1 Å². The first-order valence-electron chi connectivity index (χ1n) is 6.72. The molecule has 1 aromatic heterocycles. The van der Waals surface area contributed by atoms with Crippen LogP contribution in [0.15, 0.2) is 36.5 Å². The van der Waals surface area contributed by atoms with E-state index in [0.29, 0.717) is 11.3 Å². The van der Waals surface area contributed by atoms with E-state index in [0.717, 1.165) is 0 Å². The maximum Gasteiger partial charge on any atom is 0.268 e. The van der Waals surface area contributed by atoms with Crippen LogP contribution in [0.25, 0.3) is 0 Å². The van der Waals surface area contributed by atoms with Crippen LogP contribution in [0.2, 0.25) is 5.15 Å². The van der Waals surface area contributed by atoms with Crippen molar-refractivity contribution in [3.63, 3.8) is 0 Å². The van der Waals surface area contributed by atoms with Crippen LogP contribution in [0, 0.1) is 0 Å². The van der Waals surface area contributed by atoms with E-state index in [2.05, 4.69) is 4.98 Å². The predicted molar refractivity (Wildman–Crippen MR) is 88.9 cm³/mol. The Hall–Kier alpha value is -2.32. The quantitative estimate of drug-likeness (QED) is 0.781. The molecule has 0 fully saturated rings. The van der Waals surface area contributed by atoms with Crippen molar-refractivity contribution in [2.24, 2.45) is 0 Å². The summed E-state index contributed by atoms with van der Waals surface area (Å²) in [4.78, 5) is 16.1. The molecule has 24 heavy (non-hydrogen) atoms. The molecule has 0 radical (unpaired) electrons. The third kappa shape index (κ3) is 4.59. The second-order valence-electron chi connectivity index (χ2n) is 4.75. The van der Waals surface area contributed by atoms with Crippen molar-refractivity contribution >= 4 is 27.5 Å². The lowest BCUT2D eigenvalue weighted by atomic mass is 10.2. The summed E-state index contributed by atoms with van der Waals surface area (Å²) in [7, 11) is -1.10. The van der Waals surface area contributed by atoms with E-state index in [4.69, 9.17) is 21.1 Å². The number of rotatable bonds is 6. The molecule has 0 saturated heterocycles. The normalized spacial score (nSPS) is 11.0. The average molecular weight is 371 g/mol. The van der Waals surface area contributed by atoms with Crippen molar-refractivity contribution in [3.05, 3.63) is 52.8 Å². The number of carbonyl (C=O) groups is 1. The van der Waals surface area contributed by atoms with E-state index >= 15 is 0 Å². The number of sulfonamides is 1. The minimum atomic E-state index is -3.92. The number of nitrogens with one attached hydrogen (secondary N) is 1. The van der Waals surface area contributed by atoms with Gasteiger partial charge in [0, 0.05) is 6.20 Å². The molecule has 0 spiro atoms. The summed E-state index contributed by atoms with van der Waals surface area (Å²) in [6.45, 7) is 0. The van der Waals surface area contributed by atoms with Crippen molar-refractivity contribution in [3.8, 4) is 11.5 Å². The molecule has 0 saturated carbocycles. The molecule has 0 aliphatic heterocycles. The zero-order valence-electron chi connectivity index (χ0n) is 12.9. The second-order valence-corrected chi connectivity index (χ2v) is 6.86. The number of hydrogen-bond acceptors (Lipinski definition) is 6. The molecule has 2 rings (SSSR count). The molecule has 1 amide bonds. The number of hydrogen-bond donors (Lipinski definition) is 1. The third-order valence-corrected chi connectivity index (χ3v) is 4.48. The highest BCUT2D eigenvalue weighted by atomic mass is 35.5. The Morgan fingerprint density at radius 3 is 2.54 bits per heavy atom. The minimum Gasteiger partial charge on any atom is -0.497 e. The van der Waals surface area contributed by atoms with Crippen LogP contribution in [0.4, 0.5) is 0 Å². The highest BCUT2D eigenvalue weighted by Crippen LogP contribution is 2.24. The van der Waals surface area contributed by atoms with Crippen LogP contribution in [0.5, 0.6) is 11.5 Å². The first-order chi connectivity index (χ1) is 11.3. The van der Waals surface area contributed by atoms with Gasteiger partial charge in [-0.2, -0.15) is 0 Å². The van der Waals surface area contributed by atoms with E-state index in [1.807, 2.05) is 4.72 Å². The zero-order valence-corrected chi connectivity index (χ0v) is 14.5. The Morgan fingerprint density at radius 1 is 1.21 bits per heavy atom. The maximum atomic E-state index is 12.3. The molecule has 1 aromatic carbocycles. The molecule has 1 heterocycles. The summed E-state index contributed by atoms with van der Waals surface area (Å²) < 4.78 is 36.4. The van der Waals surface area contributed by atoms with Gasteiger partial charge in [-0.3, -0.25) is 4.79 Å². The fraction of sp³-hybridized carbons (Fsp3) is 0.200. The van der Waals surface area contributed by atoms with E-state index in [9.17, 15) is 13.2 Å². The molecule has 0 atom stereocenters. The van der Waals surface area contributed by atoms with Gasteiger partial charge in [0.25, 0.3) is 5.91 Å². The average Bonchev–Trinajstić information content (AvgIpc) is 2.55. The smallest absolute Gasteiger partial charge is 0.268 e.